The maximum absolute atomic E-state index is 6.58. The number of rotatable bonds is 5. The van der Waals surface area contributed by atoms with Gasteiger partial charge in [-0.15, -0.1) is 0 Å². The van der Waals surface area contributed by atoms with E-state index in [2.05, 4.69) is 30.9 Å². The van der Waals surface area contributed by atoms with E-state index >= 15 is 0 Å². The van der Waals surface area contributed by atoms with Gasteiger partial charge in [-0.1, -0.05) is 12.1 Å². The Hall–Kier alpha value is -1.10. The largest absolute Gasteiger partial charge is 0.490 e. The quantitative estimate of drug-likeness (QED) is 0.904. The molecular formula is C17H26N2O2. The molecule has 4 nitrogen and oxygen atoms in total. The number of hydrogen-bond acceptors (Lipinski definition) is 4. The van der Waals surface area contributed by atoms with E-state index in [0.717, 1.165) is 37.6 Å². The summed E-state index contributed by atoms with van der Waals surface area (Å²) in [6.45, 7) is 7.91. The van der Waals surface area contributed by atoms with Gasteiger partial charge in [0.05, 0.1) is 19.3 Å². The van der Waals surface area contributed by atoms with Crippen molar-refractivity contribution in [2.75, 3.05) is 26.3 Å². The maximum Gasteiger partial charge on any atom is 0.120 e. The van der Waals surface area contributed by atoms with Crippen LogP contribution in [0, 0.1) is 0 Å². The van der Waals surface area contributed by atoms with Crippen LogP contribution in [0.2, 0.25) is 0 Å². The summed E-state index contributed by atoms with van der Waals surface area (Å²) >= 11 is 0. The van der Waals surface area contributed by atoms with Crippen LogP contribution < -0.4 is 10.5 Å². The van der Waals surface area contributed by atoms with Crippen molar-refractivity contribution >= 4 is 0 Å². The Kier molecular flexibility index (Phi) is 4.20. The summed E-state index contributed by atoms with van der Waals surface area (Å²) in [7, 11) is 0. The van der Waals surface area contributed by atoms with Crippen LogP contribution in [-0.2, 0) is 4.74 Å². The van der Waals surface area contributed by atoms with Crippen molar-refractivity contribution in [3.8, 4) is 5.75 Å². The predicted octanol–water partition coefficient (Wildman–Crippen LogP) is 2.34. The molecule has 3 rings (SSSR count). The molecule has 2 N–H and O–H groups in total. The second-order valence-electron chi connectivity index (χ2n) is 6.62. The molecule has 0 amide bonds. The molecule has 1 heterocycles. The highest BCUT2D eigenvalue weighted by Crippen LogP contribution is 2.33. The van der Waals surface area contributed by atoms with E-state index in [1.807, 2.05) is 12.1 Å². The first-order valence-corrected chi connectivity index (χ1v) is 7.92. The zero-order valence-electron chi connectivity index (χ0n) is 13.0. The second kappa shape index (κ2) is 5.95. The Balaban J connectivity index is 1.74. The van der Waals surface area contributed by atoms with Gasteiger partial charge in [0.15, 0.2) is 0 Å². The van der Waals surface area contributed by atoms with Gasteiger partial charge < -0.3 is 15.2 Å². The van der Waals surface area contributed by atoms with Crippen molar-refractivity contribution in [2.45, 2.75) is 44.4 Å². The minimum absolute atomic E-state index is 0.0432. The average Bonchev–Trinajstić information content (AvgIpc) is 3.31. The van der Waals surface area contributed by atoms with Crippen molar-refractivity contribution in [3.05, 3.63) is 29.8 Å². The first-order chi connectivity index (χ1) is 10.1. The molecule has 1 saturated heterocycles. The van der Waals surface area contributed by atoms with Gasteiger partial charge in [0.25, 0.3) is 0 Å². The lowest BCUT2D eigenvalue weighted by Crippen LogP contribution is -2.55. The fraction of sp³-hybridized carbons (Fsp3) is 0.647. The third kappa shape index (κ3) is 3.39. The smallest absolute Gasteiger partial charge is 0.120 e. The second-order valence-corrected chi connectivity index (χ2v) is 6.62. The summed E-state index contributed by atoms with van der Waals surface area (Å²) in [5.74, 6) is 0.947. The number of nitrogens with zero attached hydrogens (tertiary/aromatic N) is 1. The van der Waals surface area contributed by atoms with E-state index in [0.29, 0.717) is 6.10 Å². The normalized spacial score (nSPS) is 22.0. The van der Waals surface area contributed by atoms with Crippen LogP contribution in [0.15, 0.2) is 24.3 Å². The lowest BCUT2D eigenvalue weighted by Gasteiger charge is -2.44. The van der Waals surface area contributed by atoms with Gasteiger partial charge in [-0.05, 0) is 44.4 Å². The molecule has 1 aromatic rings. The van der Waals surface area contributed by atoms with Crippen LogP contribution in [0.4, 0.5) is 0 Å². The lowest BCUT2D eigenvalue weighted by molar-refractivity contribution is -0.0190. The summed E-state index contributed by atoms with van der Waals surface area (Å²) < 4.78 is 11.3. The molecule has 0 aromatic heterocycles. The highest BCUT2D eigenvalue weighted by Gasteiger charge is 2.35. The number of morpholine rings is 1. The van der Waals surface area contributed by atoms with Crippen molar-refractivity contribution in [3.63, 3.8) is 0 Å². The highest BCUT2D eigenvalue weighted by atomic mass is 16.5. The monoisotopic (exact) mass is 290 g/mol. The molecule has 1 saturated carbocycles. The summed E-state index contributed by atoms with van der Waals surface area (Å²) in [4.78, 5) is 2.43. The van der Waals surface area contributed by atoms with Gasteiger partial charge in [-0.25, -0.2) is 0 Å². The molecule has 2 fully saturated rings. The molecule has 116 valence electrons. The minimum Gasteiger partial charge on any atom is -0.490 e. The number of ether oxygens (including phenoxy) is 2. The Morgan fingerprint density at radius 2 is 2.00 bits per heavy atom. The third-order valence-electron chi connectivity index (χ3n) is 4.63. The fourth-order valence-corrected chi connectivity index (χ4v) is 2.90. The fourth-order valence-electron chi connectivity index (χ4n) is 2.90. The molecular weight excluding hydrogens is 264 g/mol. The molecule has 4 heteroatoms. The Morgan fingerprint density at radius 3 is 2.67 bits per heavy atom. The standard InChI is InChI=1S/C17H26N2O2/c1-17(2,19-8-10-20-11-9-19)16(18)13-4-3-5-15(12-13)21-14-6-7-14/h3-5,12,14,16H,6-11,18H2,1-2H3. The molecule has 21 heavy (non-hydrogen) atoms. The van der Waals surface area contributed by atoms with Crippen LogP contribution >= 0.6 is 0 Å². The summed E-state index contributed by atoms with van der Waals surface area (Å²) in [5, 5.41) is 0. The topological polar surface area (TPSA) is 47.7 Å². The molecule has 0 spiro atoms. The van der Waals surface area contributed by atoms with E-state index in [1.54, 1.807) is 0 Å². The molecule has 2 aliphatic rings. The molecule has 1 aliphatic carbocycles. The van der Waals surface area contributed by atoms with Gasteiger partial charge in [0.1, 0.15) is 5.75 Å². The number of hydrogen-bond donors (Lipinski definition) is 1. The average molecular weight is 290 g/mol. The van der Waals surface area contributed by atoms with Crippen molar-refractivity contribution < 1.29 is 9.47 Å². The van der Waals surface area contributed by atoms with E-state index in [9.17, 15) is 0 Å². The first-order valence-electron chi connectivity index (χ1n) is 7.92. The molecule has 1 unspecified atom stereocenters. The third-order valence-corrected chi connectivity index (χ3v) is 4.63. The number of nitrogens with two attached hydrogens (primary N) is 1. The summed E-state index contributed by atoms with van der Waals surface area (Å²) in [6.07, 6.45) is 2.77. The van der Waals surface area contributed by atoms with Gasteiger partial charge in [0.2, 0.25) is 0 Å². The SMILES string of the molecule is CC(C)(C(N)c1cccc(OC2CC2)c1)N1CCOCC1. The zero-order chi connectivity index (χ0) is 14.9. The Labute approximate surface area is 127 Å². The summed E-state index contributed by atoms with van der Waals surface area (Å²) in [6, 6.07) is 8.23. The van der Waals surface area contributed by atoms with Gasteiger partial charge in [0, 0.05) is 24.7 Å². The van der Waals surface area contributed by atoms with Crippen LogP contribution in [0.1, 0.15) is 38.3 Å². The molecule has 1 aromatic carbocycles. The highest BCUT2D eigenvalue weighted by molar-refractivity contribution is 5.32. The van der Waals surface area contributed by atoms with Crippen molar-refractivity contribution in [1.82, 2.24) is 4.90 Å². The molecule has 0 bridgehead atoms. The van der Waals surface area contributed by atoms with Crippen molar-refractivity contribution in [2.24, 2.45) is 5.73 Å². The molecule has 1 aliphatic heterocycles. The van der Waals surface area contributed by atoms with Crippen LogP contribution in [0.3, 0.4) is 0 Å². The molecule has 1 atom stereocenters. The Morgan fingerprint density at radius 1 is 1.29 bits per heavy atom. The van der Waals surface area contributed by atoms with E-state index in [1.165, 1.54) is 12.8 Å². The van der Waals surface area contributed by atoms with Crippen molar-refractivity contribution in [1.29, 1.82) is 0 Å². The lowest BCUT2D eigenvalue weighted by atomic mass is 9.87. The van der Waals surface area contributed by atoms with E-state index in [-0.39, 0.29) is 11.6 Å². The van der Waals surface area contributed by atoms with Gasteiger partial charge in [-0.3, -0.25) is 4.90 Å². The van der Waals surface area contributed by atoms with E-state index in [4.69, 9.17) is 15.2 Å². The zero-order valence-corrected chi connectivity index (χ0v) is 13.0. The number of benzene rings is 1. The van der Waals surface area contributed by atoms with E-state index < -0.39 is 0 Å². The predicted molar refractivity (Wildman–Crippen MR) is 83.5 cm³/mol. The summed E-state index contributed by atoms with van der Waals surface area (Å²) in [5.41, 5.74) is 7.63. The van der Waals surface area contributed by atoms with Gasteiger partial charge in [-0.2, -0.15) is 0 Å². The van der Waals surface area contributed by atoms with Crippen LogP contribution in [0.25, 0.3) is 0 Å². The van der Waals surface area contributed by atoms with Crippen LogP contribution in [0.5, 0.6) is 5.75 Å². The first kappa shape index (κ1) is 14.8. The van der Waals surface area contributed by atoms with Gasteiger partial charge >= 0.3 is 0 Å². The van der Waals surface area contributed by atoms with Crippen LogP contribution in [-0.4, -0.2) is 42.8 Å². The minimum atomic E-state index is -0.0953. The molecule has 0 radical (unpaired) electrons. The Bertz CT molecular complexity index is 479. The maximum atomic E-state index is 6.58.